The lowest BCUT2D eigenvalue weighted by atomic mass is 9.97. The summed E-state index contributed by atoms with van der Waals surface area (Å²) >= 11 is 0. The first-order valence-electron chi connectivity index (χ1n) is 9.39. The Morgan fingerprint density at radius 2 is 1.81 bits per heavy atom. The number of nitrogens with zero attached hydrogens (tertiary/aromatic N) is 2. The van der Waals surface area contributed by atoms with Crippen molar-refractivity contribution in [3.63, 3.8) is 0 Å². The van der Waals surface area contributed by atoms with Gasteiger partial charge in [0.1, 0.15) is 5.82 Å². The van der Waals surface area contributed by atoms with Gasteiger partial charge in [-0.3, -0.25) is 4.90 Å². The average molecular weight is 356 g/mol. The van der Waals surface area contributed by atoms with Crippen molar-refractivity contribution in [2.45, 2.75) is 20.3 Å². The molecule has 1 saturated heterocycles. The van der Waals surface area contributed by atoms with Crippen LogP contribution in [0, 0.1) is 19.7 Å². The second-order valence-corrected chi connectivity index (χ2v) is 7.23. The molecule has 0 aromatic heterocycles. The van der Waals surface area contributed by atoms with Gasteiger partial charge in [0.25, 0.3) is 0 Å². The summed E-state index contributed by atoms with van der Waals surface area (Å²) in [7, 11) is 2.14. The van der Waals surface area contributed by atoms with E-state index in [0.29, 0.717) is 6.42 Å². The third-order valence-electron chi connectivity index (χ3n) is 5.10. The maximum absolute atomic E-state index is 14.2. The van der Waals surface area contributed by atoms with Crippen LogP contribution in [0.4, 0.5) is 10.1 Å². The number of hydrogen-bond donors (Lipinski definition) is 0. The molecule has 0 amide bonds. The van der Waals surface area contributed by atoms with Gasteiger partial charge in [-0.15, -0.1) is 0 Å². The number of hydrogen-bond acceptors (Lipinski definition) is 3. The first kappa shape index (κ1) is 18.9. The third kappa shape index (κ3) is 4.63. The molecule has 3 nitrogen and oxygen atoms in total. The summed E-state index contributed by atoms with van der Waals surface area (Å²) in [5.74, 6) is -0.131. The number of aryl methyl sites for hydroxylation is 2. The van der Waals surface area contributed by atoms with Gasteiger partial charge in [-0.2, -0.15) is 0 Å². The molecule has 2 aromatic carbocycles. The molecule has 1 heterocycles. The lowest BCUT2D eigenvalue weighted by molar-refractivity contribution is 0.0393. The monoisotopic (exact) mass is 356 g/mol. The number of anilines is 1. The summed E-state index contributed by atoms with van der Waals surface area (Å²) in [5, 5.41) is 0. The van der Waals surface area contributed by atoms with Crippen LogP contribution >= 0.6 is 0 Å². The zero-order valence-electron chi connectivity index (χ0n) is 16.1. The van der Waals surface area contributed by atoms with Gasteiger partial charge in [0.05, 0.1) is 13.2 Å². The predicted molar refractivity (Wildman–Crippen MR) is 106 cm³/mol. The second kappa shape index (κ2) is 8.65. The molecule has 0 atom stereocenters. The Kier molecular flexibility index (Phi) is 6.28. The van der Waals surface area contributed by atoms with E-state index in [-0.39, 0.29) is 5.82 Å². The molecule has 0 unspecified atom stereocenters. The molecule has 0 bridgehead atoms. The fourth-order valence-corrected chi connectivity index (χ4v) is 3.80. The first-order chi connectivity index (χ1) is 12.5. The molecule has 140 valence electrons. The molecule has 1 aliphatic heterocycles. The second-order valence-electron chi connectivity index (χ2n) is 7.23. The molecule has 26 heavy (non-hydrogen) atoms. The molecule has 4 heteroatoms. The van der Waals surface area contributed by atoms with Crippen LogP contribution in [0.5, 0.6) is 0 Å². The number of halogens is 1. The smallest absolute Gasteiger partial charge is 0.126 e. The van der Waals surface area contributed by atoms with Gasteiger partial charge in [-0.25, -0.2) is 4.39 Å². The lowest BCUT2D eigenvalue weighted by Gasteiger charge is -2.31. The Labute approximate surface area is 156 Å². The molecule has 2 aromatic rings. The standard InChI is InChI=1S/C22H29FN2O/c1-17-14-18(2)22(24(3)8-9-25-10-12-26-13-11-25)20(15-17)16-19-6-4-5-7-21(19)23/h4-7,14-15H,8-13,16H2,1-3H3. The summed E-state index contributed by atoms with van der Waals surface area (Å²) in [6.07, 6.45) is 0.617. The van der Waals surface area contributed by atoms with Gasteiger partial charge in [0, 0.05) is 45.3 Å². The topological polar surface area (TPSA) is 15.7 Å². The van der Waals surface area contributed by atoms with Gasteiger partial charge >= 0.3 is 0 Å². The van der Waals surface area contributed by atoms with Gasteiger partial charge < -0.3 is 9.64 Å². The zero-order chi connectivity index (χ0) is 18.5. The Bertz CT molecular complexity index is 741. The van der Waals surface area contributed by atoms with Crippen molar-refractivity contribution in [2.75, 3.05) is 51.3 Å². The normalized spacial score (nSPS) is 15.2. The Balaban J connectivity index is 1.79. The first-order valence-corrected chi connectivity index (χ1v) is 9.39. The van der Waals surface area contributed by atoms with Crippen LogP contribution in [0.1, 0.15) is 22.3 Å². The van der Waals surface area contributed by atoms with E-state index < -0.39 is 0 Å². The lowest BCUT2D eigenvalue weighted by Crippen LogP contribution is -2.41. The average Bonchev–Trinajstić information content (AvgIpc) is 2.62. The molecule has 1 fully saturated rings. The van der Waals surface area contributed by atoms with Crippen LogP contribution in [0.25, 0.3) is 0 Å². The van der Waals surface area contributed by atoms with E-state index in [1.54, 1.807) is 12.1 Å². The van der Waals surface area contributed by atoms with E-state index in [2.05, 4.69) is 42.8 Å². The highest BCUT2D eigenvalue weighted by Crippen LogP contribution is 2.29. The molecule has 1 aliphatic rings. The summed E-state index contributed by atoms with van der Waals surface area (Å²) < 4.78 is 19.6. The van der Waals surface area contributed by atoms with E-state index >= 15 is 0 Å². The number of likely N-dealkylation sites (N-methyl/N-ethyl adjacent to an activating group) is 1. The van der Waals surface area contributed by atoms with Crippen LogP contribution in [-0.2, 0) is 11.2 Å². The van der Waals surface area contributed by atoms with Crippen LogP contribution in [0.2, 0.25) is 0 Å². The highest BCUT2D eigenvalue weighted by molar-refractivity contribution is 5.61. The van der Waals surface area contributed by atoms with E-state index in [1.807, 2.05) is 12.1 Å². The summed E-state index contributed by atoms with van der Waals surface area (Å²) in [4.78, 5) is 4.76. The van der Waals surface area contributed by atoms with Crippen LogP contribution in [0.3, 0.4) is 0 Å². The minimum atomic E-state index is -0.131. The van der Waals surface area contributed by atoms with Crippen LogP contribution in [-0.4, -0.2) is 51.3 Å². The maximum atomic E-state index is 14.2. The Hall–Kier alpha value is -1.91. The number of morpholine rings is 1. The maximum Gasteiger partial charge on any atom is 0.126 e. The molecule has 0 N–H and O–H groups in total. The van der Waals surface area contributed by atoms with Crippen molar-refractivity contribution in [1.29, 1.82) is 0 Å². The number of rotatable bonds is 6. The fourth-order valence-electron chi connectivity index (χ4n) is 3.80. The van der Waals surface area contributed by atoms with Crippen molar-refractivity contribution in [1.82, 2.24) is 4.90 Å². The van der Waals surface area contributed by atoms with Gasteiger partial charge in [0.2, 0.25) is 0 Å². The number of ether oxygens (including phenoxy) is 1. The molecule has 0 saturated carbocycles. The largest absolute Gasteiger partial charge is 0.379 e. The Morgan fingerprint density at radius 1 is 1.08 bits per heavy atom. The van der Waals surface area contributed by atoms with Crippen LogP contribution in [0.15, 0.2) is 36.4 Å². The van der Waals surface area contributed by atoms with Crippen molar-refractivity contribution >= 4 is 5.69 Å². The molecule has 0 spiro atoms. The van der Waals surface area contributed by atoms with Crippen molar-refractivity contribution in [2.24, 2.45) is 0 Å². The quantitative estimate of drug-likeness (QED) is 0.783. The Morgan fingerprint density at radius 3 is 2.54 bits per heavy atom. The molecule has 3 rings (SSSR count). The van der Waals surface area contributed by atoms with Gasteiger partial charge in [0.15, 0.2) is 0 Å². The highest BCUT2D eigenvalue weighted by atomic mass is 19.1. The SMILES string of the molecule is Cc1cc(C)c(N(C)CCN2CCOCC2)c(Cc2ccccc2F)c1. The molecule has 0 aliphatic carbocycles. The summed E-state index contributed by atoms with van der Waals surface area (Å²) in [6, 6.07) is 11.5. The third-order valence-corrected chi connectivity index (χ3v) is 5.10. The molecular formula is C22H29FN2O. The van der Waals surface area contributed by atoms with Gasteiger partial charge in [-0.05, 0) is 36.6 Å². The highest BCUT2D eigenvalue weighted by Gasteiger charge is 2.16. The molecule has 0 radical (unpaired) electrons. The van der Waals surface area contributed by atoms with Crippen molar-refractivity contribution in [3.8, 4) is 0 Å². The summed E-state index contributed by atoms with van der Waals surface area (Å²) in [5.41, 5.74) is 5.64. The van der Waals surface area contributed by atoms with E-state index in [4.69, 9.17) is 4.74 Å². The summed E-state index contributed by atoms with van der Waals surface area (Å²) in [6.45, 7) is 9.89. The van der Waals surface area contributed by atoms with Crippen molar-refractivity contribution in [3.05, 3.63) is 64.5 Å². The zero-order valence-corrected chi connectivity index (χ0v) is 16.1. The van der Waals surface area contributed by atoms with E-state index in [0.717, 1.165) is 45.0 Å². The predicted octanol–water partition coefficient (Wildman–Crippen LogP) is 3.80. The fraction of sp³-hybridized carbons (Fsp3) is 0.455. The minimum Gasteiger partial charge on any atom is -0.379 e. The van der Waals surface area contributed by atoms with E-state index in [1.165, 1.54) is 22.4 Å². The van der Waals surface area contributed by atoms with Crippen molar-refractivity contribution < 1.29 is 9.13 Å². The number of benzene rings is 2. The molecular weight excluding hydrogens is 327 g/mol. The van der Waals surface area contributed by atoms with E-state index in [9.17, 15) is 4.39 Å². The van der Waals surface area contributed by atoms with Crippen LogP contribution < -0.4 is 4.90 Å². The van der Waals surface area contributed by atoms with Gasteiger partial charge in [-0.1, -0.05) is 35.9 Å². The minimum absolute atomic E-state index is 0.131.